The van der Waals surface area contributed by atoms with Crippen LogP contribution in [0.1, 0.15) is 66.2 Å². The Hall–Kier alpha value is -5.18. The molecule has 2 aliphatic carbocycles. The molecule has 0 unspecified atom stereocenters. The highest BCUT2D eigenvalue weighted by atomic mass is 32.2. The van der Waals surface area contributed by atoms with Gasteiger partial charge in [-0.1, -0.05) is 6.92 Å². The number of H-pyrrole nitrogens is 2. The monoisotopic (exact) mass is 742 g/mol. The maximum atomic E-state index is 12.0. The van der Waals surface area contributed by atoms with Crippen molar-refractivity contribution in [3.05, 3.63) is 61.8 Å². The van der Waals surface area contributed by atoms with Crippen molar-refractivity contribution in [2.45, 2.75) is 83.9 Å². The van der Waals surface area contributed by atoms with E-state index < -0.39 is 15.4 Å². The summed E-state index contributed by atoms with van der Waals surface area (Å²) in [4.78, 5) is 35.6. The lowest BCUT2D eigenvalue weighted by Gasteiger charge is -2.37. The predicted octanol–water partition coefficient (Wildman–Crippen LogP) is 7.37. The first-order valence-electron chi connectivity index (χ1n) is 18.1. The third kappa shape index (κ3) is 8.56. The Labute approximate surface area is 307 Å². The maximum Gasteiger partial charge on any atom is 0.306 e. The van der Waals surface area contributed by atoms with Gasteiger partial charge in [-0.2, -0.15) is 0 Å². The van der Waals surface area contributed by atoms with Crippen LogP contribution in [0.3, 0.4) is 0 Å². The highest BCUT2D eigenvalue weighted by molar-refractivity contribution is 7.91. The number of fused-ring (bicyclic) bond motifs is 2. The fourth-order valence-electron chi connectivity index (χ4n) is 7.15. The van der Waals surface area contributed by atoms with Crippen molar-refractivity contribution in [2.75, 3.05) is 22.1 Å². The van der Waals surface area contributed by atoms with Crippen molar-refractivity contribution < 1.29 is 26.8 Å². The first-order chi connectivity index (χ1) is 25.4. The molecule has 0 aromatic carbocycles. The number of ether oxygens (including phenoxy) is 1. The average molecular weight is 743 g/mol. The van der Waals surface area contributed by atoms with Crippen LogP contribution in [0.25, 0.3) is 45.0 Å². The van der Waals surface area contributed by atoms with Crippen LogP contribution in [0.2, 0.25) is 0 Å². The van der Waals surface area contributed by atoms with E-state index >= 15 is 0 Å². The van der Waals surface area contributed by atoms with E-state index in [-0.39, 0.29) is 23.7 Å². The summed E-state index contributed by atoms with van der Waals surface area (Å²) in [7, 11) is -2.93. The van der Waals surface area contributed by atoms with Gasteiger partial charge < -0.3 is 34.2 Å². The summed E-state index contributed by atoms with van der Waals surface area (Å²) in [5, 5.41) is 9.14. The van der Waals surface area contributed by atoms with Gasteiger partial charge in [0.15, 0.2) is 9.84 Å². The zero-order valence-corrected chi connectivity index (χ0v) is 31.2. The minimum absolute atomic E-state index is 0.122. The molecular formula is C38H46N8O6S. The molecule has 0 aliphatic heterocycles. The van der Waals surface area contributed by atoms with Gasteiger partial charge in [0, 0.05) is 59.8 Å². The number of oxazole rings is 2. The topological polar surface area (TPSA) is 194 Å². The third-order valence-corrected chi connectivity index (χ3v) is 11.6. The van der Waals surface area contributed by atoms with E-state index in [2.05, 4.69) is 40.5 Å². The van der Waals surface area contributed by atoms with Crippen molar-refractivity contribution in [3.8, 4) is 22.9 Å². The highest BCUT2D eigenvalue weighted by Gasteiger charge is 2.34. The fraction of sp³-hybridized carbons (Fsp3) is 0.447. The summed E-state index contributed by atoms with van der Waals surface area (Å²) in [6.45, 7) is 7.59. The molecule has 0 bridgehead atoms. The van der Waals surface area contributed by atoms with Gasteiger partial charge in [0.05, 0.1) is 40.6 Å². The van der Waals surface area contributed by atoms with Gasteiger partial charge in [-0.05, 0) is 76.8 Å². The van der Waals surface area contributed by atoms with Crippen LogP contribution in [0.4, 0.5) is 11.4 Å². The minimum Gasteiger partial charge on any atom is -0.460 e. The van der Waals surface area contributed by atoms with Crippen LogP contribution in [0.5, 0.6) is 0 Å². The molecule has 2 aliphatic rings. The molecule has 53 heavy (non-hydrogen) atoms. The molecule has 0 saturated heterocycles. The van der Waals surface area contributed by atoms with Crippen molar-refractivity contribution in [2.24, 2.45) is 11.8 Å². The van der Waals surface area contributed by atoms with Gasteiger partial charge in [0.25, 0.3) is 0 Å². The molecule has 6 heterocycles. The number of pyridine rings is 2. The number of esters is 1. The summed E-state index contributed by atoms with van der Waals surface area (Å²) < 4.78 is 40.3. The van der Waals surface area contributed by atoms with Crippen molar-refractivity contribution in [1.29, 1.82) is 0 Å². The van der Waals surface area contributed by atoms with E-state index in [1.54, 1.807) is 37.3 Å². The number of anilines is 2. The number of carbonyl (C=O) groups is 1. The average Bonchev–Trinajstić information content (AvgIpc) is 3.90. The molecule has 0 atom stereocenters. The highest BCUT2D eigenvalue weighted by Crippen LogP contribution is 2.40. The van der Waals surface area contributed by atoms with Crippen LogP contribution in [-0.2, 0) is 19.4 Å². The molecule has 0 spiro atoms. The number of sulfone groups is 1. The molecule has 6 aromatic heterocycles. The van der Waals surface area contributed by atoms with Crippen molar-refractivity contribution in [1.82, 2.24) is 29.9 Å². The molecular weight excluding hydrogens is 697 g/mol. The minimum atomic E-state index is -2.93. The van der Waals surface area contributed by atoms with Crippen molar-refractivity contribution in [3.63, 3.8) is 0 Å². The Morgan fingerprint density at radius 3 is 1.79 bits per heavy atom. The van der Waals surface area contributed by atoms with Crippen LogP contribution in [-0.4, -0.2) is 73.5 Å². The SMILES string of the molecule is CC(C)(C)OC(=O)CC1CC(Nc2c(-c3ncco3)cnc3[nH]ccc23)C1.CCCS(=O)(=O)CC1CC(Nc2c(-c3ncco3)cnc3[nH]ccc23)C1. The van der Waals surface area contributed by atoms with E-state index in [4.69, 9.17) is 13.6 Å². The standard InChI is InChI=1S/C20H24N4O3.C18H22N4O3S/c1-20(2,3)27-16(25)10-12-8-13(9-12)24-17-14-4-5-21-18(14)23-11-15(17)19-22-6-7-26-19;1-2-7-26(23,24)11-12-8-13(9-12)22-16-14-3-4-19-17(14)21-10-15(16)18-20-5-6-25-18/h4-7,11-13H,8-10H2,1-3H3,(H2,21,23,24);3-6,10,12-13H,2,7-9,11H2,1H3,(H2,19,21,22). The molecule has 14 nitrogen and oxygen atoms in total. The molecule has 8 rings (SSSR count). The number of hydrogen-bond donors (Lipinski definition) is 4. The van der Waals surface area contributed by atoms with Crippen molar-refractivity contribution >= 4 is 49.2 Å². The molecule has 280 valence electrons. The Morgan fingerprint density at radius 1 is 0.830 bits per heavy atom. The van der Waals surface area contributed by atoms with Gasteiger partial charge in [0.1, 0.15) is 29.4 Å². The van der Waals surface area contributed by atoms with Crippen LogP contribution >= 0.6 is 0 Å². The second-order valence-electron chi connectivity index (χ2n) is 15.0. The van der Waals surface area contributed by atoms with Crippen LogP contribution < -0.4 is 10.6 Å². The summed E-state index contributed by atoms with van der Waals surface area (Å²) in [6, 6.07) is 4.50. The molecule has 2 saturated carbocycles. The predicted molar refractivity (Wildman–Crippen MR) is 203 cm³/mol. The number of aromatic amines is 2. The van der Waals surface area contributed by atoms with Gasteiger partial charge in [-0.3, -0.25) is 4.79 Å². The molecule has 0 radical (unpaired) electrons. The largest absolute Gasteiger partial charge is 0.460 e. The quantitative estimate of drug-likeness (QED) is 0.0911. The van der Waals surface area contributed by atoms with Crippen LogP contribution in [0.15, 0.2) is 70.7 Å². The molecule has 15 heteroatoms. The Balaban J connectivity index is 0.000000164. The summed E-state index contributed by atoms with van der Waals surface area (Å²) in [5.74, 6) is 2.10. The number of carbonyl (C=O) groups excluding carboxylic acids is 1. The zero-order valence-electron chi connectivity index (χ0n) is 30.4. The number of hydrogen-bond acceptors (Lipinski definition) is 12. The smallest absolute Gasteiger partial charge is 0.306 e. The number of aromatic nitrogens is 6. The van der Waals surface area contributed by atoms with Gasteiger partial charge >= 0.3 is 5.97 Å². The lowest BCUT2D eigenvalue weighted by atomic mass is 9.78. The van der Waals surface area contributed by atoms with E-state index in [0.717, 1.165) is 70.3 Å². The molecule has 4 N–H and O–H groups in total. The lowest BCUT2D eigenvalue weighted by Crippen LogP contribution is -2.39. The third-order valence-electron chi connectivity index (χ3n) is 9.55. The number of nitrogens with zero attached hydrogens (tertiary/aromatic N) is 4. The van der Waals surface area contributed by atoms with E-state index in [1.165, 1.54) is 0 Å². The Morgan fingerprint density at radius 2 is 1.34 bits per heavy atom. The summed E-state index contributed by atoms with van der Waals surface area (Å²) in [6.07, 6.45) is 18.3. The first kappa shape index (κ1) is 36.2. The number of nitrogens with one attached hydrogen (secondary N) is 4. The normalized spacial score (nSPS) is 19.9. The second-order valence-corrected chi connectivity index (χ2v) is 17.2. The summed E-state index contributed by atoms with van der Waals surface area (Å²) >= 11 is 0. The maximum absolute atomic E-state index is 12.0. The fourth-order valence-corrected chi connectivity index (χ4v) is 8.93. The second kappa shape index (κ2) is 15.0. The summed E-state index contributed by atoms with van der Waals surface area (Å²) in [5.41, 5.74) is 4.72. The van der Waals surface area contributed by atoms with Crippen LogP contribution in [0, 0.1) is 11.8 Å². The van der Waals surface area contributed by atoms with E-state index in [0.29, 0.717) is 42.3 Å². The van der Waals surface area contributed by atoms with Gasteiger partial charge in [-0.15, -0.1) is 0 Å². The van der Waals surface area contributed by atoms with Gasteiger partial charge in [0.2, 0.25) is 11.8 Å². The van der Waals surface area contributed by atoms with E-state index in [9.17, 15) is 13.2 Å². The zero-order chi connectivity index (χ0) is 37.2. The Kier molecular flexibility index (Phi) is 10.3. The molecule has 2 fully saturated rings. The molecule has 6 aromatic rings. The first-order valence-corrected chi connectivity index (χ1v) is 19.9. The van der Waals surface area contributed by atoms with E-state index in [1.807, 2.05) is 52.2 Å². The Bertz CT molecular complexity index is 2240. The molecule has 0 amide bonds. The number of rotatable bonds is 12. The van der Waals surface area contributed by atoms with Gasteiger partial charge in [-0.25, -0.2) is 28.4 Å². The lowest BCUT2D eigenvalue weighted by molar-refractivity contribution is -0.156.